The van der Waals surface area contributed by atoms with Gasteiger partial charge in [-0.15, -0.1) is 6.58 Å². The lowest BCUT2D eigenvalue weighted by molar-refractivity contribution is -0.385. The first-order valence-corrected chi connectivity index (χ1v) is 5.00. The van der Waals surface area contributed by atoms with E-state index in [1.54, 1.807) is 0 Å². The first-order chi connectivity index (χ1) is 8.04. The molecule has 0 aliphatic carbocycles. The molecule has 0 heterocycles. The molecule has 0 N–H and O–H groups in total. The van der Waals surface area contributed by atoms with Crippen LogP contribution < -0.4 is 4.74 Å². The molecule has 0 aliphatic heterocycles. The Bertz CT molecular complexity index is 489. The van der Waals surface area contributed by atoms with Gasteiger partial charge in [-0.1, -0.05) is 5.57 Å². The topological polar surface area (TPSA) is 76.2 Å². The molecule has 0 spiro atoms. The monoisotopic (exact) mass is 232 g/mol. The molecule has 0 amide bonds. The van der Waals surface area contributed by atoms with Crippen LogP contribution >= 0.6 is 0 Å². The number of nitriles is 1. The number of rotatable bonds is 5. The summed E-state index contributed by atoms with van der Waals surface area (Å²) in [6, 6.07) is 5.98. The maximum atomic E-state index is 10.8. The summed E-state index contributed by atoms with van der Waals surface area (Å²) in [4.78, 5) is 10.2. The normalized spacial score (nSPS) is 9.41. The zero-order valence-electron chi connectivity index (χ0n) is 9.47. The second-order valence-electron chi connectivity index (χ2n) is 3.61. The van der Waals surface area contributed by atoms with E-state index in [1.165, 1.54) is 18.2 Å². The van der Waals surface area contributed by atoms with Crippen molar-refractivity contribution in [2.45, 2.75) is 13.3 Å². The van der Waals surface area contributed by atoms with Crippen molar-refractivity contribution in [3.63, 3.8) is 0 Å². The molecule has 0 saturated carbocycles. The summed E-state index contributed by atoms with van der Waals surface area (Å²) in [5.41, 5.74) is 0.996. The van der Waals surface area contributed by atoms with Crippen molar-refractivity contribution < 1.29 is 9.66 Å². The molecule has 0 aliphatic rings. The summed E-state index contributed by atoms with van der Waals surface area (Å²) in [5, 5.41) is 19.4. The molecule has 17 heavy (non-hydrogen) atoms. The summed E-state index contributed by atoms with van der Waals surface area (Å²) in [6.07, 6.45) is 0.636. The lowest BCUT2D eigenvalue weighted by Gasteiger charge is -2.06. The minimum absolute atomic E-state index is 0.176. The van der Waals surface area contributed by atoms with Crippen molar-refractivity contribution >= 4 is 5.69 Å². The Morgan fingerprint density at radius 2 is 2.35 bits per heavy atom. The zero-order valence-corrected chi connectivity index (χ0v) is 9.47. The van der Waals surface area contributed by atoms with Crippen LogP contribution in [0.25, 0.3) is 0 Å². The highest BCUT2D eigenvalue weighted by atomic mass is 16.6. The number of nitro groups is 1. The van der Waals surface area contributed by atoms with Crippen LogP contribution in [-0.4, -0.2) is 11.5 Å². The largest absolute Gasteiger partial charge is 0.486 e. The Hall–Kier alpha value is -2.35. The standard InChI is InChI=1S/C12H12N2O3/c1-9(2)5-6-17-12-4-3-10(8-13)7-11(12)14(15)16/h3-4,7H,1,5-6H2,2H3. The van der Waals surface area contributed by atoms with Crippen LogP contribution in [0, 0.1) is 21.4 Å². The fourth-order valence-corrected chi connectivity index (χ4v) is 1.19. The van der Waals surface area contributed by atoms with Gasteiger partial charge in [0.05, 0.1) is 23.2 Å². The summed E-state index contributed by atoms with van der Waals surface area (Å²) >= 11 is 0. The molecule has 0 bridgehead atoms. The zero-order chi connectivity index (χ0) is 12.8. The Balaban J connectivity index is 2.88. The Labute approximate surface area is 99.1 Å². The molecule has 0 unspecified atom stereocenters. The smallest absolute Gasteiger partial charge is 0.312 e. The van der Waals surface area contributed by atoms with Crippen molar-refractivity contribution in [3.8, 4) is 11.8 Å². The molecule has 5 heteroatoms. The molecule has 5 nitrogen and oxygen atoms in total. The third-order valence-electron chi connectivity index (χ3n) is 2.07. The van der Waals surface area contributed by atoms with Crippen LogP contribution in [0.15, 0.2) is 30.4 Å². The lowest BCUT2D eigenvalue weighted by atomic mass is 10.2. The molecule has 0 aromatic heterocycles. The highest BCUT2D eigenvalue weighted by Gasteiger charge is 2.15. The van der Waals surface area contributed by atoms with Crippen molar-refractivity contribution in [2.75, 3.05) is 6.61 Å². The van der Waals surface area contributed by atoms with Gasteiger partial charge in [0.25, 0.3) is 0 Å². The number of hydrogen-bond acceptors (Lipinski definition) is 4. The summed E-state index contributed by atoms with van der Waals surface area (Å²) in [5.74, 6) is 0.176. The van der Waals surface area contributed by atoms with Gasteiger partial charge in [0.1, 0.15) is 0 Å². The van der Waals surface area contributed by atoms with Crippen LogP contribution in [0.2, 0.25) is 0 Å². The van der Waals surface area contributed by atoms with Crippen LogP contribution in [0.3, 0.4) is 0 Å². The van der Waals surface area contributed by atoms with E-state index in [4.69, 9.17) is 10.00 Å². The molecule has 1 rings (SSSR count). The number of nitro benzene ring substituents is 1. The van der Waals surface area contributed by atoms with E-state index >= 15 is 0 Å². The second kappa shape index (κ2) is 5.66. The van der Waals surface area contributed by atoms with Gasteiger partial charge < -0.3 is 4.74 Å². The minimum Gasteiger partial charge on any atom is -0.486 e. The van der Waals surface area contributed by atoms with Gasteiger partial charge >= 0.3 is 5.69 Å². The molecule has 0 fully saturated rings. The van der Waals surface area contributed by atoms with E-state index in [2.05, 4.69) is 6.58 Å². The van der Waals surface area contributed by atoms with Gasteiger partial charge in [-0.25, -0.2) is 0 Å². The van der Waals surface area contributed by atoms with Crippen LogP contribution in [-0.2, 0) is 0 Å². The van der Waals surface area contributed by atoms with Gasteiger partial charge in [0, 0.05) is 12.5 Å². The van der Waals surface area contributed by atoms with E-state index in [9.17, 15) is 10.1 Å². The Kier molecular flexibility index (Phi) is 4.23. The lowest BCUT2D eigenvalue weighted by Crippen LogP contribution is -2.01. The predicted octanol–water partition coefficient (Wildman–Crippen LogP) is 2.81. The van der Waals surface area contributed by atoms with Crippen LogP contribution in [0.5, 0.6) is 5.75 Å². The number of hydrogen-bond donors (Lipinski definition) is 0. The van der Waals surface area contributed by atoms with Crippen LogP contribution in [0.4, 0.5) is 5.69 Å². The summed E-state index contributed by atoms with van der Waals surface area (Å²) < 4.78 is 5.30. The van der Waals surface area contributed by atoms with Crippen molar-refractivity contribution in [1.82, 2.24) is 0 Å². The molecule has 0 atom stereocenters. The van der Waals surface area contributed by atoms with Crippen LogP contribution in [0.1, 0.15) is 18.9 Å². The minimum atomic E-state index is -0.559. The molecule has 1 aromatic rings. The Morgan fingerprint density at radius 3 is 2.88 bits per heavy atom. The third-order valence-corrected chi connectivity index (χ3v) is 2.07. The van der Waals surface area contributed by atoms with E-state index < -0.39 is 4.92 Å². The van der Waals surface area contributed by atoms with Gasteiger partial charge in [-0.2, -0.15) is 5.26 Å². The predicted molar refractivity (Wildman–Crippen MR) is 62.7 cm³/mol. The molecular weight excluding hydrogens is 220 g/mol. The van der Waals surface area contributed by atoms with E-state index in [0.29, 0.717) is 13.0 Å². The average molecular weight is 232 g/mol. The summed E-state index contributed by atoms with van der Waals surface area (Å²) in [6.45, 7) is 5.91. The van der Waals surface area contributed by atoms with E-state index in [0.717, 1.165) is 5.57 Å². The SMILES string of the molecule is C=C(C)CCOc1ccc(C#N)cc1[N+](=O)[O-]. The molecule has 88 valence electrons. The highest BCUT2D eigenvalue weighted by Crippen LogP contribution is 2.27. The van der Waals surface area contributed by atoms with Gasteiger partial charge in [-0.3, -0.25) is 10.1 Å². The fraction of sp³-hybridized carbons (Fsp3) is 0.250. The second-order valence-corrected chi connectivity index (χ2v) is 3.61. The maximum absolute atomic E-state index is 10.8. The molecule has 0 saturated heterocycles. The maximum Gasteiger partial charge on any atom is 0.312 e. The number of ether oxygens (including phenoxy) is 1. The van der Waals surface area contributed by atoms with Crippen molar-refractivity contribution in [2.24, 2.45) is 0 Å². The third kappa shape index (κ3) is 3.61. The Morgan fingerprint density at radius 1 is 1.65 bits per heavy atom. The van der Waals surface area contributed by atoms with E-state index in [1.807, 2.05) is 13.0 Å². The number of nitrogens with zero attached hydrogens (tertiary/aromatic N) is 2. The van der Waals surface area contributed by atoms with Gasteiger partial charge in [-0.05, 0) is 19.1 Å². The first-order valence-electron chi connectivity index (χ1n) is 5.00. The van der Waals surface area contributed by atoms with Gasteiger partial charge in [0.2, 0.25) is 0 Å². The average Bonchev–Trinajstić information content (AvgIpc) is 2.28. The van der Waals surface area contributed by atoms with E-state index in [-0.39, 0.29) is 17.0 Å². The highest BCUT2D eigenvalue weighted by molar-refractivity contribution is 5.51. The van der Waals surface area contributed by atoms with Gasteiger partial charge in [0.15, 0.2) is 5.75 Å². The summed E-state index contributed by atoms with van der Waals surface area (Å²) in [7, 11) is 0. The van der Waals surface area contributed by atoms with Crippen molar-refractivity contribution in [3.05, 3.63) is 46.0 Å². The first kappa shape index (κ1) is 12.7. The molecule has 0 radical (unpaired) electrons. The molecular formula is C12H12N2O3. The quantitative estimate of drug-likeness (QED) is 0.444. The number of benzene rings is 1. The van der Waals surface area contributed by atoms with Crippen molar-refractivity contribution in [1.29, 1.82) is 5.26 Å². The molecule has 1 aromatic carbocycles. The fourth-order valence-electron chi connectivity index (χ4n) is 1.19.